The van der Waals surface area contributed by atoms with Gasteiger partial charge in [0.05, 0.1) is 24.3 Å². The van der Waals surface area contributed by atoms with Gasteiger partial charge in [-0.3, -0.25) is 14.4 Å². The zero-order valence-electron chi connectivity index (χ0n) is 9.51. The van der Waals surface area contributed by atoms with E-state index in [-0.39, 0.29) is 6.61 Å². The van der Waals surface area contributed by atoms with Crippen molar-refractivity contribution in [1.29, 1.82) is 0 Å². The van der Waals surface area contributed by atoms with Gasteiger partial charge in [-0.15, -0.1) is 5.06 Å². The molecule has 0 bridgehead atoms. The van der Waals surface area contributed by atoms with Crippen LogP contribution >= 0.6 is 0 Å². The van der Waals surface area contributed by atoms with E-state index in [4.69, 9.17) is 9.57 Å². The summed E-state index contributed by atoms with van der Waals surface area (Å²) in [6, 6.07) is 6.66. The molecule has 0 radical (unpaired) electrons. The predicted molar refractivity (Wildman–Crippen MR) is 59.4 cm³/mol. The average molecular weight is 235 g/mol. The first-order valence-corrected chi connectivity index (χ1v) is 5.44. The van der Waals surface area contributed by atoms with Crippen molar-refractivity contribution in [3.05, 3.63) is 35.4 Å². The third-order valence-corrected chi connectivity index (χ3v) is 2.41. The van der Waals surface area contributed by atoms with E-state index < -0.39 is 11.8 Å². The summed E-state index contributed by atoms with van der Waals surface area (Å²) in [5.74, 6) is -0.829. The molecule has 5 heteroatoms. The van der Waals surface area contributed by atoms with Crippen LogP contribution in [0.15, 0.2) is 24.3 Å². The van der Waals surface area contributed by atoms with Gasteiger partial charge < -0.3 is 4.74 Å². The molecule has 0 aliphatic carbocycles. The molecule has 0 saturated heterocycles. The van der Waals surface area contributed by atoms with Crippen LogP contribution in [0.2, 0.25) is 0 Å². The summed E-state index contributed by atoms with van der Waals surface area (Å²) in [7, 11) is 0. The molecule has 1 aromatic rings. The van der Waals surface area contributed by atoms with Crippen molar-refractivity contribution in [2.75, 3.05) is 19.8 Å². The van der Waals surface area contributed by atoms with E-state index in [0.29, 0.717) is 24.3 Å². The number of hydrogen-bond acceptors (Lipinski definition) is 4. The van der Waals surface area contributed by atoms with Crippen LogP contribution in [-0.2, 0) is 9.57 Å². The molecule has 5 nitrogen and oxygen atoms in total. The number of carbonyl (C=O) groups is 2. The Morgan fingerprint density at radius 3 is 2.18 bits per heavy atom. The van der Waals surface area contributed by atoms with Crippen LogP contribution in [0, 0.1) is 0 Å². The second-order valence-corrected chi connectivity index (χ2v) is 3.48. The largest absolute Gasteiger partial charge is 0.379 e. The number of benzene rings is 1. The van der Waals surface area contributed by atoms with Gasteiger partial charge in [-0.05, 0) is 19.1 Å². The first-order valence-electron chi connectivity index (χ1n) is 5.44. The van der Waals surface area contributed by atoms with Crippen molar-refractivity contribution in [3.63, 3.8) is 0 Å². The molecule has 0 N–H and O–H groups in total. The van der Waals surface area contributed by atoms with Gasteiger partial charge in [0.2, 0.25) is 0 Å². The Hall–Kier alpha value is -1.72. The Kier molecular flexibility index (Phi) is 3.51. The van der Waals surface area contributed by atoms with Crippen LogP contribution in [0.3, 0.4) is 0 Å². The lowest BCUT2D eigenvalue weighted by Gasteiger charge is -2.12. The smallest absolute Gasteiger partial charge is 0.285 e. The molecular weight excluding hydrogens is 222 g/mol. The molecule has 0 unspecified atom stereocenters. The summed E-state index contributed by atoms with van der Waals surface area (Å²) in [6.45, 7) is 2.97. The summed E-state index contributed by atoms with van der Waals surface area (Å²) in [6.07, 6.45) is 0. The molecule has 17 heavy (non-hydrogen) atoms. The van der Waals surface area contributed by atoms with Crippen molar-refractivity contribution in [3.8, 4) is 0 Å². The van der Waals surface area contributed by atoms with E-state index in [1.807, 2.05) is 6.92 Å². The quantitative estimate of drug-likeness (QED) is 0.569. The minimum atomic E-state index is -0.415. The number of hydroxylamine groups is 2. The van der Waals surface area contributed by atoms with E-state index >= 15 is 0 Å². The Labute approximate surface area is 98.9 Å². The predicted octanol–water partition coefficient (Wildman–Crippen LogP) is 1.25. The molecule has 0 atom stereocenters. The van der Waals surface area contributed by atoms with Crippen LogP contribution < -0.4 is 0 Å². The number of amides is 2. The highest BCUT2D eigenvalue weighted by molar-refractivity contribution is 6.20. The van der Waals surface area contributed by atoms with Gasteiger partial charge >= 0.3 is 0 Å². The third kappa shape index (κ3) is 2.20. The molecule has 1 aliphatic heterocycles. The number of imide groups is 1. The van der Waals surface area contributed by atoms with Gasteiger partial charge in [-0.2, -0.15) is 0 Å². The van der Waals surface area contributed by atoms with Crippen molar-refractivity contribution in [2.45, 2.75) is 6.92 Å². The number of nitrogens with zero attached hydrogens (tertiary/aromatic N) is 1. The first kappa shape index (κ1) is 11.8. The molecular formula is C12H13NO4. The molecule has 2 amide bonds. The summed E-state index contributed by atoms with van der Waals surface area (Å²) >= 11 is 0. The SMILES string of the molecule is CCOCCON1C(=O)c2ccccc2C1=O. The maximum Gasteiger partial charge on any atom is 0.285 e. The zero-order chi connectivity index (χ0) is 12.3. The highest BCUT2D eigenvalue weighted by Gasteiger charge is 2.36. The molecule has 0 spiro atoms. The standard InChI is InChI=1S/C12H13NO4/c1-2-16-7-8-17-13-11(14)9-5-3-4-6-10(9)12(13)15/h3-6H,2,7-8H2,1H3. The van der Waals surface area contributed by atoms with Gasteiger partial charge in [0.1, 0.15) is 0 Å². The second kappa shape index (κ2) is 5.07. The van der Waals surface area contributed by atoms with E-state index in [1.54, 1.807) is 24.3 Å². The molecule has 2 rings (SSSR count). The van der Waals surface area contributed by atoms with Gasteiger partial charge in [0.15, 0.2) is 0 Å². The van der Waals surface area contributed by atoms with Gasteiger partial charge in [-0.1, -0.05) is 12.1 Å². The Morgan fingerprint density at radius 1 is 1.06 bits per heavy atom. The van der Waals surface area contributed by atoms with Crippen LogP contribution in [0.4, 0.5) is 0 Å². The molecule has 1 aromatic carbocycles. The normalized spacial score (nSPS) is 14.3. The van der Waals surface area contributed by atoms with Crippen LogP contribution in [0.25, 0.3) is 0 Å². The summed E-state index contributed by atoms with van der Waals surface area (Å²) in [5.41, 5.74) is 0.766. The fraction of sp³-hybridized carbons (Fsp3) is 0.333. The maximum absolute atomic E-state index is 11.8. The van der Waals surface area contributed by atoms with Gasteiger partial charge in [-0.25, -0.2) is 0 Å². The van der Waals surface area contributed by atoms with E-state index in [1.165, 1.54) is 0 Å². The Balaban J connectivity index is 2.03. The number of fused-ring (bicyclic) bond motifs is 1. The van der Waals surface area contributed by atoms with Gasteiger partial charge in [0, 0.05) is 6.61 Å². The fourth-order valence-corrected chi connectivity index (χ4v) is 1.62. The average Bonchev–Trinajstić information content (AvgIpc) is 2.60. The first-order chi connectivity index (χ1) is 8.25. The van der Waals surface area contributed by atoms with Crippen molar-refractivity contribution in [1.82, 2.24) is 5.06 Å². The Morgan fingerprint density at radius 2 is 1.65 bits per heavy atom. The molecule has 1 aliphatic rings. The van der Waals surface area contributed by atoms with Crippen LogP contribution in [0.1, 0.15) is 27.6 Å². The van der Waals surface area contributed by atoms with Crippen molar-refractivity contribution >= 4 is 11.8 Å². The minimum Gasteiger partial charge on any atom is -0.379 e. The Bertz CT molecular complexity index is 409. The van der Waals surface area contributed by atoms with Crippen LogP contribution in [-0.4, -0.2) is 36.7 Å². The lowest BCUT2D eigenvalue weighted by atomic mass is 10.1. The maximum atomic E-state index is 11.8. The highest BCUT2D eigenvalue weighted by atomic mass is 16.7. The molecule has 90 valence electrons. The number of carbonyl (C=O) groups excluding carboxylic acids is 2. The lowest BCUT2D eigenvalue weighted by Crippen LogP contribution is -2.31. The van der Waals surface area contributed by atoms with Crippen LogP contribution in [0.5, 0.6) is 0 Å². The van der Waals surface area contributed by atoms with E-state index in [2.05, 4.69) is 0 Å². The van der Waals surface area contributed by atoms with E-state index in [0.717, 1.165) is 5.06 Å². The minimum absolute atomic E-state index is 0.180. The van der Waals surface area contributed by atoms with Crippen molar-refractivity contribution < 1.29 is 19.2 Å². The summed E-state index contributed by atoms with van der Waals surface area (Å²) < 4.78 is 5.07. The van der Waals surface area contributed by atoms with Gasteiger partial charge in [0.25, 0.3) is 11.8 Å². The molecule has 0 fully saturated rings. The number of rotatable bonds is 5. The second-order valence-electron chi connectivity index (χ2n) is 3.48. The molecule has 0 saturated carbocycles. The lowest BCUT2D eigenvalue weighted by molar-refractivity contribution is -0.105. The molecule has 0 aromatic heterocycles. The highest BCUT2D eigenvalue weighted by Crippen LogP contribution is 2.22. The fourth-order valence-electron chi connectivity index (χ4n) is 1.62. The van der Waals surface area contributed by atoms with Crippen molar-refractivity contribution in [2.24, 2.45) is 0 Å². The third-order valence-electron chi connectivity index (χ3n) is 2.41. The monoisotopic (exact) mass is 235 g/mol. The number of ether oxygens (including phenoxy) is 1. The number of hydrogen-bond donors (Lipinski definition) is 0. The van der Waals surface area contributed by atoms with E-state index in [9.17, 15) is 9.59 Å². The zero-order valence-corrected chi connectivity index (χ0v) is 9.51. The summed E-state index contributed by atoms with van der Waals surface area (Å²) in [5, 5.41) is 0.795. The molecule has 1 heterocycles. The topological polar surface area (TPSA) is 55.8 Å². The summed E-state index contributed by atoms with van der Waals surface area (Å²) in [4.78, 5) is 28.7.